The van der Waals surface area contributed by atoms with Gasteiger partial charge in [0.2, 0.25) is 0 Å². The van der Waals surface area contributed by atoms with E-state index in [9.17, 15) is 0 Å². The summed E-state index contributed by atoms with van der Waals surface area (Å²) in [6.45, 7) is 1.36. The third-order valence-corrected chi connectivity index (χ3v) is 2.77. The molecule has 1 aromatic carbocycles. The average molecular weight is 219 g/mol. The maximum Gasteiger partial charge on any atom is 0.195 e. The molecule has 0 spiro atoms. The first-order valence-corrected chi connectivity index (χ1v) is 5.14. The topological polar surface area (TPSA) is 42.8 Å². The Bertz CT molecular complexity index is 558. The van der Waals surface area contributed by atoms with Gasteiger partial charge in [-0.1, -0.05) is 12.1 Å². The molecule has 0 unspecified atom stereocenters. The summed E-state index contributed by atoms with van der Waals surface area (Å²) in [5.41, 5.74) is 0.988. The van der Waals surface area contributed by atoms with Crippen LogP contribution < -0.4 is 4.74 Å². The van der Waals surface area contributed by atoms with Crippen molar-refractivity contribution in [3.05, 3.63) is 29.0 Å². The number of aromatic nitrogens is 3. The SMILES string of the molecule is S=c1[nH]nc2n1CCOc1ccccc1-2. The van der Waals surface area contributed by atoms with Crippen LogP contribution in [0.1, 0.15) is 0 Å². The summed E-state index contributed by atoms with van der Waals surface area (Å²) in [6, 6.07) is 7.86. The van der Waals surface area contributed by atoms with Gasteiger partial charge in [0.15, 0.2) is 10.6 Å². The van der Waals surface area contributed by atoms with E-state index >= 15 is 0 Å². The minimum atomic E-state index is 0.623. The summed E-state index contributed by atoms with van der Waals surface area (Å²) in [6.07, 6.45) is 0. The molecule has 5 heteroatoms. The molecule has 3 rings (SSSR count). The first-order valence-electron chi connectivity index (χ1n) is 4.73. The Kier molecular flexibility index (Phi) is 1.85. The molecule has 1 aliphatic rings. The predicted octanol–water partition coefficient (Wildman–Crippen LogP) is 2.00. The molecule has 0 aliphatic carbocycles. The molecule has 1 N–H and O–H groups in total. The zero-order valence-corrected chi connectivity index (χ0v) is 8.75. The van der Waals surface area contributed by atoms with E-state index in [2.05, 4.69) is 10.2 Å². The van der Waals surface area contributed by atoms with Crippen LogP contribution >= 0.6 is 12.2 Å². The lowest BCUT2D eigenvalue weighted by atomic mass is 10.2. The van der Waals surface area contributed by atoms with E-state index in [-0.39, 0.29) is 0 Å². The van der Waals surface area contributed by atoms with E-state index in [1.807, 2.05) is 28.8 Å². The molecule has 0 saturated heterocycles. The van der Waals surface area contributed by atoms with Crippen molar-refractivity contribution in [1.29, 1.82) is 0 Å². The number of hydrogen-bond donors (Lipinski definition) is 1. The van der Waals surface area contributed by atoms with Gasteiger partial charge in [-0.05, 0) is 24.4 Å². The number of ether oxygens (including phenoxy) is 1. The van der Waals surface area contributed by atoms with Crippen LogP contribution in [0.5, 0.6) is 5.75 Å². The third-order valence-electron chi connectivity index (χ3n) is 2.46. The quantitative estimate of drug-likeness (QED) is 0.689. The number of fused-ring (bicyclic) bond motifs is 3. The standard InChI is InChI=1S/C10H9N3OS/c15-10-12-11-9-7-3-1-2-4-8(7)14-6-5-13(9)10/h1-4H,5-6H2,(H,12,15). The van der Waals surface area contributed by atoms with Gasteiger partial charge in [0, 0.05) is 0 Å². The Morgan fingerprint density at radius 3 is 3.20 bits per heavy atom. The lowest BCUT2D eigenvalue weighted by Crippen LogP contribution is -2.05. The number of aromatic amines is 1. The summed E-state index contributed by atoms with van der Waals surface area (Å²) in [5.74, 6) is 1.72. The van der Waals surface area contributed by atoms with E-state index < -0.39 is 0 Å². The predicted molar refractivity (Wildman–Crippen MR) is 58.3 cm³/mol. The summed E-state index contributed by atoms with van der Waals surface area (Å²) >= 11 is 5.15. The molecule has 0 fully saturated rings. The number of H-pyrrole nitrogens is 1. The first kappa shape index (κ1) is 8.67. The van der Waals surface area contributed by atoms with Gasteiger partial charge in [0.1, 0.15) is 12.4 Å². The fraction of sp³-hybridized carbons (Fsp3) is 0.200. The van der Waals surface area contributed by atoms with E-state index in [4.69, 9.17) is 17.0 Å². The van der Waals surface area contributed by atoms with Crippen LogP contribution in [-0.2, 0) is 6.54 Å². The van der Waals surface area contributed by atoms with Crippen molar-refractivity contribution in [2.24, 2.45) is 0 Å². The molecule has 76 valence electrons. The van der Waals surface area contributed by atoms with Gasteiger partial charge >= 0.3 is 0 Å². The molecular weight excluding hydrogens is 210 g/mol. The van der Waals surface area contributed by atoms with Gasteiger partial charge in [0.05, 0.1) is 12.1 Å². The highest BCUT2D eigenvalue weighted by molar-refractivity contribution is 7.71. The number of para-hydroxylation sites is 1. The Morgan fingerprint density at radius 2 is 2.27 bits per heavy atom. The molecule has 0 saturated carbocycles. The molecule has 4 nitrogen and oxygen atoms in total. The van der Waals surface area contributed by atoms with Crippen molar-refractivity contribution in [2.45, 2.75) is 6.54 Å². The normalized spacial score (nSPS) is 13.6. The number of nitrogens with one attached hydrogen (secondary N) is 1. The Morgan fingerprint density at radius 1 is 1.40 bits per heavy atom. The highest BCUT2D eigenvalue weighted by Crippen LogP contribution is 2.30. The van der Waals surface area contributed by atoms with Crippen LogP contribution in [0, 0.1) is 4.77 Å². The van der Waals surface area contributed by atoms with E-state index in [0.29, 0.717) is 11.4 Å². The highest BCUT2D eigenvalue weighted by atomic mass is 32.1. The summed E-state index contributed by atoms with van der Waals surface area (Å²) in [5, 5.41) is 7.03. The maximum absolute atomic E-state index is 5.62. The van der Waals surface area contributed by atoms with Crippen LogP contribution in [0.3, 0.4) is 0 Å². The average Bonchev–Trinajstić information content (AvgIpc) is 2.53. The van der Waals surface area contributed by atoms with Gasteiger partial charge in [-0.3, -0.25) is 9.67 Å². The minimum Gasteiger partial charge on any atom is -0.491 e. The van der Waals surface area contributed by atoms with E-state index in [1.165, 1.54) is 0 Å². The second kappa shape index (κ2) is 3.20. The first-order chi connectivity index (χ1) is 7.36. The van der Waals surface area contributed by atoms with Crippen molar-refractivity contribution in [1.82, 2.24) is 14.8 Å². The summed E-state index contributed by atoms with van der Waals surface area (Å²) in [4.78, 5) is 0. The Hall–Kier alpha value is -1.62. The molecule has 2 heterocycles. The molecule has 15 heavy (non-hydrogen) atoms. The van der Waals surface area contributed by atoms with E-state index in [1.54, 1.807) is 0 Å². The number of hydrogen-bond acceptors (Lipinski definition) is 3. The molecule has 1 aromatic heterocycles. The molecule has 2 aromatic rings. The van der Waals surface area contributed by atoms with Crippen LogP contribution in [0.2, 0.25) is 0 Å². The Balaban J connectivity index is 2.32. The molecule has 0 radical (unpaired) electrons. The Labute approximate surface area is 91.5 Å². The smallest absolute Gasteiger partial charge is 0.195 e. The molecule has 0 amide bonds. The highest BCUT2D eigenvalue weighted by Gasteiger charge is 2.16. The number of nitrogens with zero attached hydrogens (tertiary/aromatic N) is 2. The van der Waals surface area contributed by atoms with Crippen molar-refractivity contribution in [3.63, 3.8) is 0 Å². The number of rotatable bonds is 0. The van der Waals surface area contributed by atoms with Crippen molar-refractivity contribution < 1.29 is 4.74 Å². The van der Waals surface area contributed by atoms with Gasteiger partial charge in [-0.2, -0.15) is 5.10 Å². The van der Waals surface area contributed by atoms with Crippen molar-refractivity contribution in [2.75, 3.05) is 6.61 Å². The van der Waals surface area contributed by atoms with Crippen molar-refractivity contribution >= 4 is 12.2 Å². The minimum absolute atomic E-state index is 0.623. The van der Waals surface area contributed by atoms with E-state index in [0.717, 1.165) is 23.7 Å². The maximum atomic E-state index is 5.62. The molecule has 0 atom stereocenters. The monoisotopic (exact) mass is 219 g/mol. The fourth-order valence-corrected chi connectivity index (χ4v) is 1.98. The van der Waals surface area contributed by atoms with Gasteiger partial charge < -0.3 is 4.74 Å². The third kappa shape index (κ3) is 1.27. The van der Waals surface area contributed by atoms with Crippen LogP contribution in [0.15, 0.2) is 24.3 Å². The van der Waals surface area contributed by atoms with Crippen LogP contribution in [0.25, 0.3) is 11.4 Å². The summed E-state index contributed by atoms with van der Waals surface area (Å²) < 4.78 is 8.23. The molecule has 1 aliphatic heterocycles. The van der Waals surface area contributed by atoms with Gasteiger partial charge in [-0.15, -0.1) is 0 Å². The molecule has 0 bridgehead atoms. The van der Waals surface area contributed by atoms with Gasteiger partial charge in [0.25, 0.3) is 0 Å². The second-order valence-electron chi connectivity index (χ2n) is 3.35. The second-order valence-corrected chi connectivity index (χ2v) is 3.74. The number of benzene rings is 1. The fourth-order valence-electron chi connectivity index (χ4n) is 1.75. The van der Waals surface area contributed by atoms with Crippen LogP contribution in [0.4, 0.5) is 0 Å². The lowest BCUT2D eigenvalue weighted by Gasteiger charge is -2.03. The molecular formula is C10H9N3OS. The van der Waals surface area contributed by atoms with Gasteiger partial charge in [-0.25, -0.2) is 0 Å². The van der Waals surface area contributed by atoms with Crippen molar-refractivity contribution in [3.8, 4) is 17.1 Å². The van der Waals surface area contributed by atoms with Crippen LogP contribution in [-0.4, -0.2) is 21.4 Å². The zero-order chi connectivity index (χ0) is 10.3. The lowest BCUT2D eigenvalue weighted by molar-refractivity contribution is 0.305. The largest absolute Gasteiger partial charge is 0.491 e. The zero-order valence-electron chi connectivity index (χ0n) is 7.93. The summed E-state index contributed by atoms with van der Waals surface area (Å²) in [7, 11) is 0.